The number of hydrogen-bond donors (Lipinski definition) is 2. The van der Waals surface area contributed by atoms with E-state index < -0.39 is 0 Å². The first-order valence-electron chi connectivity index (χ1n) is 6.82. The Bertz CT molecular complexity index is 393. The highest BCUT2D eigenvalue weighted by atomic mass is 16.1. The van der Waals surface area contributed by atoms with Crippen LogP contribution in [0, 0.1) is 0 Å². The van der Waals surface area contributed by atoms with E-state index >= 15 is 0 Å². The number of amides is 1. The number of rotatable bonds is 7. The number of hydrogen-bond acceptors (Lipinski definition) is 2. The fourth-order valence-electron chi connectivity index (χ4n) is 1.98. The van der Waals surface area contributed by atoms with E-state index in [1.807, 2.05) is 26.1 Å². The summed E-state index contributed by atoms with van der Waals surface area (Å²) in [5.74, 6) is 0.125. The van der Waals surface area contributed by atoms with Gasteiger partial charge in [-0.1, -0.05) is 0 Å². The predicted octanol–water partition coefficient (Wildman–Crippen LogP) is 1.65. The molecule has 0 aliphatic heterocycles. The maximum absolute atomic E-state index is 11.6. The molecule has 2 N–H and O–H groups in total. The Morgan fingerprint density at radius 3 is 2.94 bits per heavy atom. The lowest BCUT2D eigenvalue weighted by atomic mass is 10.3. The summed E-state index contributed by atoms with van der Waals surface area (Å²) in [6, 6.07) is 5.11. The van der Waals surface area contributed by atoms with Gasteiger partial charge in [0.05, 0.1) is 0 Å². The van der Waals surface area contributed by atoms with Crippen LogP contribution < -0.4 is 10.6 Å². The lowest BCUT2D eigenvalue weighted by Crippen LogP contribution is -2.30. The Balaban J connectivity index is 1.77. The van der Waals surface area contributed by atoms with Crippen LogP contribution in [0.2, 0.25) is 0 Å². The van der Waals surface area contributed by atoms with Gasteiger partial charge in [0.25, 0.3) is 0 Å². The van der Waals surface area contributed by atoms with E-state index in [0.717, 1.165) is 19.1 Å². The molecule has 4 heteroatoms. The van der Waals surface area contributed by atoms with Crippen LogP contribution in [0.1, 0.15) is 38.8 Å². The molecule has 0 radical (unpaired) electrons. The Labute approximate surface area is 109 Å². The molecular formula is C14H23N3O. The SMILES string of the molecule is CC(C)NC(=O)CCn1cccc1CNC1CC1. The van der Waals surface area contributed by atoms with Gasteiger partial charge in [0.2, 0.25) is 5.91 Å². The van der Waals surface area contributed by atoms with E-state index in [2.05, 4.69) is 21.3 Å². The van der Waals surface area contributed by atoms with E-state index in [1.54, 1.807) is 0 Å². The zero-order valence-corrected chi connectivity index (χ0v) is 11.3. The van der Waals surface area contributed by atoms with Crippen molar-refractivity contribution in [1.82, 2.24) is 15.2 Å². The molecule has 4 nitrogen and oxygen atoms in total. The quantitative estimate of drug-likeness (QED) is 0.772. The van der Waals surface area contributed by atoms with Crippen molar-refractivity contribution in [2.75, 3.05) is 0 Å². The number of aryl methyl sites for hydroxylation is 1. The van der Waals surface area contributed by atoms with Crippen molar-refractivity contribution in [1.29, 1.82) is 0 Å². The van der Waals surface area contributed by atoms with Crippen LogP contribution in [0.15, 0.2) is 18.3 Å². The lowest BCUT2D eigenvalue weighted by Gasteiger charge is -2.11. The monoisotopic (exact) mass is 249 g/mol. The van der Waals surface area contributed by atoms with Gasteiger partial charge in [-0.2, -0.15) is 0 Å². The highest BCUT2D eigenvalue weighted by Crippen LogP contribution is 2.19. The number of aromatic nitrogens is 1. The van der Waals surface area contributed by atoms with Crippen molar-refractivity contribution in [2.24, 2.45) is 0 Å². The summed E-state index contributed by atoms with van der Waals surface area (Å²) in [6.07, 6.45) is 5.20. The Kier molecular flexibility index (Phi) is 4.42. The molecule has 1 aromatic rings. The molecule has 1 amide bonds. The highest BCUT2D eigenvalue weighted by Gasteiger charge is 2.20. The summed E-state index contributed by atoms with van der Waals surface area (Å²) in [7, 11) is 0. The van der Waals surface area contributed by atoms with Gasteiger partial charge in [-0.15, -0.1) is 0 Å². The molecule has 100 valence electrons. The maximum Gasteiger partial charge on any atom is 0.221 e. The standard InChI is InChI=1S/C14H23N3O/c1-11(2)16-14(18)7-9-17-8-3-4-13(17)10-15-12-5-6-12/h3-4,8,11-12,15H,5-7,9-10H2,1-2H3,(H,16,18). The molecule has 0 atom stereocenters. The summed E-state index contributed by atoms with van der Waals surface area (Å²) < 4.78 is 2.16. The number of carbonyl (C=O) groups excluding carboxylic acids is 1. The maximum atomic E-state index is 11.6. The normalized spacial score (nSPS) is 15.1. The minimum absolute atomic E-state index is 0.125. The van der Waals surface area contributed by atoms with Crippen LogP contribution >= 0.6 is 0 Å². The van der Waals surface area contributed by atoms with E-state index in [9.17, 15) is 4.79 Å². The van der Waals surface area contributed by atoms with Crippen molar-refractivity contribution >= 4 is 5.91 Å². The summed E-state index contributed by atoms with van der Waals surface area (Å²) >= 11 is 0. The Morgan fingerprint density at radius 2 is 2.28 bits per heavy atom. The molecule has 1 aromatic heterocycles. The van der Waals surface area contributed by atoms with E-state index in [1.165, 1.54) is 18.5 Å². The summed E-state index contributed by atoms with van der Waals surface area (Å²) in [4.78, 5) is 11.6. The van der Waals surface area contributed by atoms with Gasteiger partial charge in [0.1, 0.15) is 0 Å². The van der Waals surface area contributed by atoms with Gasteiger partial charge >= 0.3 is 0 Å². The van der Waals surface area contributed by atoms with E-state index in [4.69, 9.17) is 0 Å². The predicted molar refractivity (Wildman–Crippen MR) is 72.2 cm³/mol. The van der Waals surface area contributed by atoms with Gasteiger partial charge < -0.3 is 15.2 Å². The van der Waals surface area contributed by atoms with Crippen LogP contribution in [0.3, 0.4) is 0 Å². The first kappa shape index (κ1) is 13.1. The van der Waals surface area contributed by atoms with E-state index in [-0.39, 0.29) is 11.9 Å². The molecule has 18 heavy (non-hydrogen) atoms. The fraction of sp³-hybridized carbons (Fsp3) is 0.643. The van der Waals surface area contributed by atoms with Gasteiger partial charge in [-0.25, -0.2) is 0 Å². The van der Waals surface area contributed by atoms with Crippen molar-refractivity contribution in [3.63, 3.8) is 0 Å². The second-order valence-corrected chi connectivity index (χ2v) is 5.32. The average Bonchev–Trinajstić information content (AvgIpc) is 3.02. The van der Waals surface area contributed by atoms with Crippen molar-refractivity contribution in [3.8, 4) is 0 Å². The largest absolute Gasteiger partial charge is 0.354 e. The molecule has 1 fully saturated rings. The minimum Gasteiger partial charge on any atom is -0.354 e. The smallest absolute Gasteiger partial charge is 0.221 e. The molecule has 0 bridgehead atoms. The molecule has 1 heterocycles. The van der Waals surface area contributed by atoms with Crippen molar-refractivity contribution in [3.05, 3.63) is 24.0 Å². The molecule has 0 spiro atoms. The highest BCUT2D eigenvalue weighted by molar-refractivity contribution is 5.76. The second kappa shape index (κ2) is 6.05. The van der Waals surface area contributed by atoms with Crippen molar-refractivity contribution in [2.45, 2.75) is 58.3 Å². The van der Waals surface area contributed by atoms with Gasteiger partial charge in [0, 0.05) is 43.5 Å². The third-order valence-corrected chi connectivity index (χ3v) is 3.10. The zero-order chi connectivity index (χ0) is 13.0. The van der Waals surface area contributed by atoms with Crippen LogP contribution in [-0.4, -0.2) is 22.6 Å². The average molecular weight is 249 g/mol. The first-order chi connectivity index (χ1) is 8.65. The zero-order valence-electron chi connectivity index (χ0n) is 11.3. The third-order valence-electron chi connectivity index (χ3n) is 3.10. The van der Waals surface area contributed by atoms with Gasteiger partial charge in [0.15, 0.2) is 0 Å². The minimum atomic E-state index is 0.125. The van der Waals surface area contributed by atoms with Crippen LogP contribution in [0.25, 0.3) is 0 Å². The molecule has 1 aliphatic rings. The van der Waals surface area contributed by atoms with Crippen LogP contribution in [0.5, 0.6) is 0 Å². The Hall–Kier alpha value is -1.29. The Morgan fingerprint density at radius 1 is 1.50 bits per heavy atom. The number of nitrogens with zero attached hydrogens (tertiary/aromatic N) is 1. The summed E-state index contributed by atoms with van der Waals surface area (Å²) in [5.41, 5.74) is 1.26. The molecule has 0 aromatic carbocycles. The fourth-order valence-corrected chi connectivity index (χ4v) is 1.98. The van der Waals surface area contributed by atoms with Gasteiger partial charge in [-0.3, -0.25) is 4.79 Å². The molecule has 2 rings (SSSR count). The second-order valence-electron chi connectivity index (χ2n) is 5.32. The lowest BCUT2D eigenvalue weighted by molar-refractivity contribution is -0.121. The first-order valence-corrected chi connectivity index (χ1v) is 6.82. The molecule has 0 unspecified atom stereocenters. The van der Waals surface area contributed by atoms with Gasteiger partial charge in [-0.05, 0) is 38.8 Å². The molecular weight excluding hydrogens is 226 g/mol. The summed E-state index contributed by atoms with van der Waals surface area (Å²) in [5, 5.41) is 6.41. The topological polar surface area (TPSA) is 46.1 Å². The van der Waals surface area contributed by atoms with Crippen molar-refractivity contribution < 1.29 is 4.79 Å². The van der Waals surface area contributed by atoms with Crippen LogP contribution in [-0.2, 0) is 17.9 Å². The summed E-state index contributed by atoms with van der Waals surface area (Å²) in [6.45, 7) is 5.63. The third kappa shape index (κ3) is 4.18. The van der Waals surface area contributed by atoms with E-state index in [0.29, 0.717) is 6.42 Å². The van der Waals surface area contributed by atoms with Crippen LogP contribution in [0.4, 0.5) is 0 Å². The number of carbonyl (C=O) groups is 1. The number of nitrogens with one attached hydrogen (secondary N) is 2. The molecule has 0 saturated heterocycles. The molecule has 1 aliphatic carbocycles. The molecule has 1 saturated carbocycles.